The summed E-state index contributed by atoms with van der Waals surface area (Å²) in [7, 11) is 1.45. The van der Waals surface area contributed by atoms with E-state index in [1.54, 1.807) is 6.92 Å². The maximum Gasteiger partial charge on any atom is 0.419 e. The molecule has 0 heterocycles. The van der Waals surface area contributed by atoms with Crippen LogP contribution in [0.4, 0.5) is 13.2 Å². The van der Waals surface area contributed by atoms with Gasteiger partial charge in [-0.1, -0.05) is 6.07 Å². The third-order valence-electron chi connectivity index (χ3n) is 2.38. The zero-order valence-corrected chi connectivity index (χ0v) is 11.5. The van der Waals surface area contributed by atoms with E-state index in [4.69, 9.17) is 15.2 Å². The number of alkyl halides is 3. The molecule has 1 rings (SSSR count). The van der Waals surface area contributed by atoms with Crippen LogP contribution in [0.25, 0.3) is 0 Å². The molecule has 1 atom stereocenters. The minimum Gasteiger partial charge on any atom is -0.491 e. The third kappa shape index (κ3) is 5.26. The molecule has 1 unspecified atom stereocenters. The molecular weight excluding hydrogens is 283 g/mol. The van der Waals surface area contributed by atoms with Gasteiger partial charge in [-0.15, -0.1) is 12.4 Å². The van der Waals surface area contributed by atoms with Gasteiger partial charge in [-0.3, -0.25) is 0 Å². The van der Waals surface area contributed by atoms with Crippen molar-refractivity contribution in [1.29, 1.82) is 0 Å². The summed E-state index contributed by atoms with van der Waals surface area (Å²) in [6, 6.07) is 3.38. The Kier molecular flexibility index (Phi) is 7.18. The second-order valence-corrected chi connectivity index (χ2v) is 3.88. The van der Waals surface area contributed by atoms with Crippen molar-refractivity contribution in [1.82, 2.24) is 0 Å². The number of methoxy groups -OCH3 is 1. The van der Waals surface area contributed by atoms with E-state index in [1.807, 2.05) is 0 Å². The molecule has 3 nitrogen and oxygen atoms in total. The van der Waals surface area contributed by atoms with Crippen molar-refractivity contribution >= 4 is 12.4 Å². The molecule has 0 fully saturated rings. The smallest absolute Gasteiger partial charge is 0.419 e. The molecule has 0 amide bonds. The zero-order valence-electron chi connectivity index (χ0n) is 10.7. The van der Waals surface area contributed by atoms with Crippen molar-refractivity contribution in [2.45, 2.75) is 19.1 Å². The Bertz CT molecular complexity index is 397. The van der Waals surface area contributed by atoms with Crippen molar-refractivity contribution < 1.29 is 22.6 Å². The van der Waals surface area contributed by atoms with Gasteiger partial charge in [0.15, 0.2) is 0 Å². The van der Waals surface area contributed by atoms with Gasteiger partial charge in [-0.25, -0.2) is 0 Å². The van der Waals surface area contributed by atoms with E-state index in [0.29, 0.717) is 5.56 Å². The van der Waals surface area contributed by atoms with E-state index in [1.165, 1.54) is 19.2 Å². The highest BCUT2D eigenvalue weighted by molar-refractivity contribution is 5.85. The molecular formula is C12H17ClF3NO2. The Morgan fingerprint density at radius 3 is 2.37 bits per heavy atom. The maximum absolute atomic E-state index is 12.8. The van der Waals surface area contributed by atoms with Crippen LogP contribution in [0.3, 0.4) is 0 Å². The standard InChI is InChI=1S/C12H16F3NO2.ClH/c1-8(16)9-3-4-11(18-6-5-17-2)10(7-9)12(13,14)15;/h3-4,7-8H,5-6,16H2,1-2H3;1H. The molecule has 19 heavy (non-hydrogen) atoms. The fourth-order valence-corrected chi connectivity index (χ4v) is 1.41. The minimum atomic E-state index is -4.46. The van der Waals surface area contributed by atoms with Crippen LogP contribution in [0.1, 0.15) is 24.1 Å². The summed E-state index contributed by atoms with van der Waals surface area (Å²) in [5.74, 6) is -0.205. The first-order valence-electron chi connectivity index (χ1n) is 5.44. The summed E-state index contributed by atoms with van der Waals surface area (Å²) in [6.07, 6.45) is -4.46. The van der Waals surface area contributed by atoms with Crippen LogP contribution in [-0.2, 0) is 10.9 Å². The van der Waals surface area contributed by atoms with E-state index >= 15 is 0 Å². The molecule has 2 N–H and O–H groups in total. The normalized spacial score (nSPS) is 12.7. The first kappa shape index (κ1) is 18.0. The Morgan fingerprint density at radius 2 is 1.89 bits per heavy atom. The zero-order chi connectivity index (χ0) is 13.8. The number of rotatable bonds is 5. The predicted octanol–water partition coefficient (Wildman–Crippen LogP) is 3.17. The highest BCUT2D eigenvalue weighted by Crippen LogP contribution is 2.37. The van der Waals surface area contributed by atoms with E-state index in [-0.39, 0.29) is 31.4 Å². The minimum absolute atomic E-state index is 0. The first-order chi connectivity index (χ1) is 8.36. The highest BCUT2D eigenvalue weighted by atomic mass is 35.5. The van der Waals surface area contributed by atoms with Crippen LogP contribution in [-0.4, -0.2) is 20.3 Å². The van der Waals surface area contributed by atoms with E-state index in [2.05, 4.69) is 0 Å². The van der Waals surface area contributed by atoms with Crippen LogP contribution in [0, 0.1) is 0 Å². The molecule has 0 aromatic heterocycles. The molecule has 0 saturated heterocycles. The lowest BCUT2D eigenvalue weighted by Gasteiger charge is -2.16. The molecule has 110 valence electrons. The van der Waals surface area contributed by atoms with Gasteiger partial charge in [0.05, 0.1) is 12.2 Å². The fourth-order valence-electron chi connectivity index (χ4n) is 1.41. The average molecular weight is 300 g/mol. The van der Waals surface area contributed by atoms with Gasteiger partial charge < -0.3 is 15.2 Å². The van der Waals surface area contributed by atoms with E-state index < -0.39 is 17.8 Å². The van der Waals surface area contributed by atoms with Gasteiger partial charge in [0.1, 0.15) is 12.4 Å². The van der Waals surface area contributed by atoms with Crippen LogP contribution in [0.2, 0.25) is 0 Å². The first-order valence-corrected chi connectivity index (χ1v) is 5.44. The Morgan fingerprint density at radius 1 is 1.26 bits per heavy atom. The molecule has 1 aromatic rings. The second kappa shape index (κ2) is 7.57. The third-order valence-corrected chi connectivity index (χ3v) is 2.38. The topological polar surface area (TPSA) is 44.5 Å². The van der Waals surface area contributed by atoms with Crippen LogP contribution < -0.4 is 10.5 Å². The largest absolute Gasteiger partial charge is 0.491 e. The lowest BCUT2D eigenvalue weighted by molar-refractivity contribution is -0.139. The van der Waals surface area contributed by atoms with Crippen molar-refractivity contribution in [3.05, 3.63) is 29.3 Å². The van der Waals surface area contributed by atoms with Gasteiger partial charge in [0.2, 0.25) is 0 Å². The molecule has 0 bridgehead atoms. The van der Waals surface area contributed by atoms with E-state index in [0.717, 1.165) is 6.07 Å². The lowest BCUT2D eigenvalue weighted by atomic mass is 10.0. The predicted molar refractivity (Wildman–Crippen MR) is 68.7 cm³/mol. The van der Waals surface area contributed by atoms with Crippen LogP contribution >= 0.6 is 12.4 Å². The highest BCUT2D eigenvalue weighted by Gasteiger charge is 2.34. The summed E-state index contributed by atoms with van der Waals surface area (Å²) < 4.78 is 48.3. The molecule has 0 aliphatic carbocycles. The van der Waals surface area contributed by atoms with Gasteiger partial charge in [-0.2, -0.15) is 13.2 Å². The van der Waals surface area contributed by atoms with Crippen molar-refractivity contribution in [2.75, 3.05) is 20.3 Å². The molecule has 0 aliphatic rings. The van der Waals surface area contributed by atoms with Crippen LogP contribution in [0.5, 0.6) is 5.75 Å². The Hall–Kier alpha value is -0.980. The number of benzene rings is 1. The molecule has 0 aliphatic heterocycles. The second-order valence-electron chi connectivity index (χ2n) is 3.88. The van der Waals surface area contributed by atoms with Crippen molar-refractivity contribution in [3.8, 4) is 5.75 Å². The fraction of sp³-hybridized carbons (Fsp3) is 0.500. The lowest BCUT2D eigenvalue weighted by Crippen LogP contribution is -2.13. The number of hydrogen-bond donors (Lipinski definition) is 1. The van der Waals surface area contributed by atoms with Gasteiger partial charge in [0, 0.05) is 13.2 Å². The molecule has 0 radical (unpaired) electrons. The van der Waals surface area contributed by atoms with Gasteiger partial charge >= 0.3 is 6.18 Å². The van der Waals surface area contributed by atoms with Crippen molar-refractivity contribution in [2.24, 2.45) is 5.73 Å². The maximum atomic E-state index is 12.8. The summed E-state index contributed by atoms with van der Waals surface area (Å²) in [4.78, 5) is 0. The molecule has 1 aromatic carbocycles. The summed E-state index contributed by atoms with van der Waals surface area (Å²) in [5, 5.41) is 0. The average Bonchev–Trinajstić information content (AvgIpc) is 2.28. The summed E-state index contributed by atoms with van der Waals surface area (Å²) in [5.41, 5.74) is 5.18. The molecule has 0 saturated carbocycles. The summed E-state index contributed by atoms with van der Waals surface area (Å²) in [6.45, 7) is 1.92. The Labute approximate surface area is 116 Å². The number of halogens is 4. The number of nitrogens with two attached hydrogens (primary N) is 1. The van der Waals surface area contributed by atoms with Crippen molar-refractivity contribution in [3.63, 3.8) is 0 Å². The summed E-state index contributed by atoms with van der Waals surface area (Å²) >= 11 is 0. The van der Waals surface area contributed by atoms with E-state index in [9.17, 15) is 13.2 Å². The molecule has 7 heteroatoms. The number of ether oxygens (including phenoxy) is 2. The Balaban J connectivity index is 0.00000324. The molecule has 0 spiro atoms. The number of hydrogen-bond acceptors (Lipinski definition) is 3. The monoisotopic (exact) mass is 299 g/mol. The van der Waals surface area contributed by atoms with Crippen LogP contribution in [0.15, 0.2) is 18.2 Å². The SMILES string of the molecule is COCCOc1ccc(C(C)N)cc1C(F)(F)F.Cl. The van der Waals surface area contributed by atoms with Gasteiger partial charge in [0.25, 0.3) is 0 Å². The quantitative estimate of drug-likeness (QED) is 0.849. The van der Waals surface area contributed by atoms with Gasteiger partial charge in [-0.05, 0) is 24.6 Å².